The number of hydrogen-bond donors (Lipinski definition) is 3. The van der Waals surface area contributed by atoms with Gasteiger partial charge in [0.05, 0.1) is 12.0 Å². The number of rotatable bonds is 4. The molecule has 3 aromatic carbocycles. The van der Waals surface area contributed by atoms with E-state index in [1.165, 1.54) is 0 Å². The summed E-state index contributed by atoms with van der Waals surface area (Å²) in [6.07, 6.45) is 3.14. The minimum atomic E-state index is -1.33. The van der Waals surface area contributed by atoms with Crippen molar-refractivity contribution in [1.82, 2.24) is 4.98 Å². The molecule has 0 aliphatic rings. The lowest BCUT2D eigenvalue weighted by atomic mass is 9.88. The molecule has 0 spiro atoms. The molecule has 0 aliphatic carbocycles. The van der Waals surface area contributed by atoms with Crippen LogP contribution in [0.4, 0.5) is 0 Å². The van der Waals surface area contributed by atoms with Crippen molar-refractivity contribution < 1.29 is 20.1 Å². The summed E-state index contributed by atoms with van der Waals surface area (Å²) in [7, 11) is 0. The number of carbonyl (C=O) groups is 1. The van der Waals surface area contributed by atoms with Crippen molar-refractivity contribution in [1.29, 1.82) is 0 Å². The van der Waals surface area contributed by atoms with Gasteiger partial charge in [-0.25, -0.2) is 0 Å². The van der Waals surface area contributed by atoms with Crippen molar-refractivity contribution >= 4 is 28.3 Å². The van der Waals surface area contributed by atoms with Crippen molar-refractivity contribution in [2.45, 2.75) is 52.2 Å². The van der Waals surface area contributed by atoms with Gasteiger partial charge in [0.1, 0.15) is 5.60 Å². The summed E-state index contributed by atoms with van der Waals surface area (Å²) >= 11 is 6.09. The van der Waals surface area contributed by atoms with Gasteiger partial charge in [0.15, 0.2) is 0 Å². The van der Waals surface area contributed by atoms with Crippen molar-refractivity contribution in [3.05, 3.63) is 100 Å². The van der Waals surface area contributed by atoms with Gasteiger partial charge in [0.2, 0.25) is 0 Å². The Morgan fingerprint density at radius 2 is 1.55 bits per heavy atom. The van der Waals surface area contributed by atoms with Crippen LogP contribution in [0, 0.1) is 18.8 Å². The number of carboxylic acid groups (broad SMARTS) is 1. The predicted molar refractivity (Wildman–Crippen MR) is 153 cm³/mol. The SMILES string of the molecule is CC(C)(C)O.Cc1cc2ccc(C#CC(C)(O)c3ccncc3)cc2c(-c2ccc(Cl)cc2)c1CC(=O)O. The number of halogens is 1. The van der Waals surface area contributed by atoms with Crippen LogP contribution in [0.15, 0.2) is 73.1 Å². The quantitative estimate of drug-likeness (QED) is 0.261. The summed E-state index contributed by atoms with van der Waals surface area (Å²) in [5.74, 6) is 5.14. The van der Waals surface area contributed by atoms with Gasteiger partial charge in [-0.1, -0.05) is 47.7 Å². The lowest BCUT2D eigenvalue weighted by Gasteiger charge is -2.17. The van der Waals surface area contributed by atoms with E-state index in [4.69, 9.17) is 16.7 Å². The lowest BCUT2D eigenvalue weighted by molar-refractivity contribution is -0.136. The second-order valence-electron chi connectivity index (χ2n) is 10.3. The Labute approximate surface area is 228 Å². The molecule has 3 N–H and O–H groups in total. The van der Waals surface area contributed by atoms with Gasteiger partial charge in [0.25, 0.3) is 0 Å². The molecule has 196 valence electrons. The molecule has 0 fully saturated rings. The third-order valence-corrected chi connectivity index (χ3v) is 5.88. The molecule has 0 bridgehead atoms. The smallest absolute Gasteiger partial charge is 0.307 e. The Hall–Kier alpha value is -3.69. The zero-order valence-electron chi connectivity index (χ0n) is 22.2. The Kier molecular flexibility index (Phi) is 8.96. The monoisotopic (exact) mass is 529 g/mol. The number of aliphatic hydroxyl groups is 2. The number of aryl methyl sites for hydroxylation is 1. The first-order valence-corrected chi connectivity index (χ1v) is 12.5. The van der Waals surface area contributed by atoms with E-state index in [0.717, 1.165) is 38.6 Å². The van der Waals surface area contributed by atoms with E-state index in [-0.39, 0.29) is 6.42 Å². The number of aliphatic carboxylic acids is 1. The molecule has 0 amide bonds. The van der Waals surface area contributed by atoms with Gasteiger partial charge in [-0.2, -0.15) is 0 Å². The Morgan fingerprint density at radius 3 is 2.13 bits per heavy atom. The lowest BCUT2D eigenvalue weighted by Crippen LogP contribution is -2.18. The van der Waals surface area contributed by atoms with Gasteiger partial charge in [0, 0.05) is 23.0 Å². The highest BCUT2D eigenvalue weighted by Crippen LogP contribution is 2.36. The number of hydrogen-bond acceptors (Lipinski definition) is 4. The Balaban J connectivity index is 0.000000732. The molecule has 1 heterocycles. The summed E-state index contributed by atoms with van der Waals surface area (Å²) in [6.45, 7) is 8.80. The summed E-state index contributed by atoms with van der Waals surface area (Å²) in [5, 5.41) is 31.4. The molecule has 6 heteroatoms. The Bertz CT molecular complexity index is 1490. The number of aromatic nitrogens is 1. The zero-order chi connectivity index (χ0) is 28.1. The molecule has 4 aromatic rings. The number of benzene rings is 3. The highest BCUT2D eigenvalue weighted by molar-refractivity contribution is 6.30. The van der Waals surface area contributed by atoms with Crippen LogP contribution < -0.4 is 0 Å². The fourth-order valence-electron chi connectivity index (χ4n) is 3.92. The van der Waals surface area contributed by atoms with E-state index in [2.05, 4.69) is 16.8 Å². The van der Waals surface area contributed by atoms with E-state index in [9.17, 15) is 15.0 Å². The first-order valence-electron chi connectivity index (χ1n) is 12.2. The minimum Gasteiger partial charge on any atom is -0.481 e. The molecule has 0 aliphatic heterocycles. The minimum absolute atomic E-state index is 0.0909. The molecule has 1 atom stereocenters. The largest absolute Gasteiger partial charge is 0.481 e. The van der Waals surface area contributed by atoms with Crippen molar-refractivity contribution in [3.8, 4) is 23.0 Å². The standard InChI is InChI=1S/C28H22ClNO3.C4H10O/c1-18-15-21-4-3-19(9-12-28(2,33)22-10-13-30-14-11-22)16-25(21)27(24(18)17-26(31)32)20-5-7-23(29)8-6-20;1-4(2,3)5/h3-8,10-11,13-16,33H,17H2,1-2H3,(H,31,32);5H,1-3H3. The Morgan fingerprint density at radius 1 is 0.947 bits per heavy atom. The van der Waals surface area contributed by atoms with E-state index < -0.39 is 17.2 Å². The second-order valence-corrected chi connectivity index (χ2v) is 10.7. The van der Waals surface area contributed by atoms with Crippen LogP contribution in [0.5, 0.6) is 0 Å². The molecule has 5 nitrogen and oxygen atoms in total. The molecular weight excluding hydrogens is 498 g/mol. The summed E-state index contributed by atoms with van der Waals surface area (Å²) in [4.78, 5) is 15.6. The zero-order valence-corrected chi connectivity index (χ0v) is 23.0. The maximum absolute atomic E-state index is 11.6. The molecule has 0 saturated heterocycles. The van der Waals surface area contributed by atoms with Crippen LogP contribution in [0.25, 0.3) is 21.9 Å². The number of fused-ring (bicyclic) bond motifs is 1. The molecule has 4 rings (SSSR count). The van der Waals surface area contributed by atoms with Crippen molar-refractivity contribution in [3.63, 3.8) is 0 Å². The van der Waals surface area contributed by atoms with E-state index >= 15 is 0 Å². The predicted octanol–water partition coefficient (Wildman–Crippen LogP) is 6.53. The summed E-state index contributed by atoms with van der Waals surface area (Å²) in [6, 6.07) is 18.7. The van der Waals surface area contributed by atoms with Crippen LogP contribution >= 0.6 is 11.6 Å². The van der Waals surface area contributed by atoms with Gasteiger partial charge < -0.3 is 15.3 Å². The maximum atomic E-state index is 11.6. The van der Waals surface area contributed by atoms with E-state index in [1.807, 2.05) is 43.3 Å². The van der Waals surface area contributed by atoms with Gasteiger partial charge >= 0.3 is 5.97 Å². The highest BCUT2D eigenvalue weighted by atomic mass is 35.5. The fourth-order valence-corrected chi connectivity index (χ4v) is 4.05. The molecule has 0 radical (unpaired) electrons. The second kappa shape index (κ2) is 11.8. The first-order chi connectivity index (χ1) is 17.7. The molecule has 1 unspecified atom stereocenters. The van der Waals surface area contributed by atoms with Gasteiger partial charge in [-0.05, 0) is 110 Å². The third-order valence-electron chi connectivity index (χ3n) is 5.63. The van der Waals surface area contributed by atoms with Crippen LogP contribution in [0.3, 0.4) is 0 Å². The molecule has 0 saturated carbocycles. The van der Waals surface area contributed by atoms with E-state index in [1.54, 1.807) is 64.4 Å². The van der Waals surface area contributed by atoms with Gasteiger partial charge in [-0.3, -0.25) is 9.78 Å². The number of carboxylic acids is 1. The van der Waals surface area contributed by atoms with Crippen LogP contribution in [0.1, 0.15) is 49.9 Å². The molecule has 1 aromatic heterocycles. The summed E-state index contributed by atoms with van der Waals surface area (Å²) in [5.41, 5.74) is 2.95. The van der Waals surface area contributed by atoms with Crippen LogP contribution in [-0.4, -0.2) is 31.9 Å². The summed E-state index contributed by atoms with van der Waals surface area (Å²) < 4.78 is 0. The first kappa shape index (κ1) is 28.9. The average Bonchev–Trinajstić information content (AvgIpc) is 2.83. The van der Waals surface area contributed by atoms with Gasteiger partial charge in [-0.15, -0.1) is 0 Å². The van der Waals surface area contributed by atoms with Crippen molar-refractivity contribution in [2.75, 3.05) is 0 Å². The van der Waals surface area contributed by atoms with E-state index in [0.29, 0.717) is 10.6 Å². The maximum Gasteiger partial charge on any atom is 0.307 e. The molecular formula is C32H32ClNO4. The normalized spacial score (nSPS) is 12.5. The topological polar surface area (TPSA) is 90.7 Å². The third kappa shape index (κ3) is 7.90. The van der Waals surface area contributed by atoms with Crippen LogP contribution in [-0.2, 0) is 16.8 Å². The highest BCUT2D eigenvalue weighted by Gasteiger charge is 2.20. The van der Waals surface area contributed by atoms with Crippen molar-refractivity contribution in [2.24, 2.45) is 0 Å². The number of nitrogens with zero attached hydrogens (tertiary/aromatic N) is 1. The molecule has 38 heavy (non-hydrogen) atoms. The number of pyridine rings is 1. The fraction of sp³-hybridized carbons (Fsp3) is 0.250. The average molecular weight is 530 g/mol. The van der Waals surface area contributed by atoms with Crippen LogP contribution in [0.2, 0.25) is 5.02 Å².